The summed E-state index contributed by atoms with van der Waals surface area (Å²) in [5.41, 5.74) is 1.47. The minimum Gasteiger partial charge on any atom is -0.504 e. The third kappa shape index (κ3) is 4.89. The van der Waals surface area contributed by atoms with Crippen LogP contribution in [0.1, 0.15) is 65.6 Å². The van der Waals surface area contributed by atoms with Gasteiger partial charge in [0.15, 0.2) is 11.5 Å². The van der Waals surface area contributed by atoms with Crippen LogP contribution >= 0.6 is 0 Å². The Balaban J connectivity index is 1.85. The summed E-state index contributed by atoms with van der Waals surface area (Å²) >= 11 is 0. The Hall–Kier alpha value is -2.70. The van der Waals surface area contributed by atoms with Gasteiger partial charge in [-0.05, 0) is 51.3 Å². The Morgan fingerprint density at radius 1 is 1.23 bits per heavy atom. The van der Waals surface area contributed by atoms with E-state index in [0.29, 0.717) is 18.1 Å². The Morgan fingerprint density at radius 2 is 1.90 bits per heavy atom. The lowest BCUT2D eigenvalue weighted by Crippen LogP contribution is -2.37. The first-order chi connectivity index (χ1) is 13.9. The van der Waals surface area contributed by atoms with Crippen LogP contribution in [0.2, 0.25) is 0 Å². The van der Waals surface area contributed by atoms with Crippen LogP contribution in [-0.4, -0.2) is 39.0 Å². The molecule has 30 heavy (non-hydrogen) atoms. The molecule has 7 heteroatoms. The van der Waals surface area contributed by atoms with Crippen LogP contribution in [0.4, 0.5) is 10.6 Å². The van der Waals surface area contributed by atoms with Crippen molar-refractivity contribution in [2.24, 2.45) is 0 Å². The lowest BCUT2D eigenvalue weighted by atomic mass is 9.92. The SMILES string of the molecule is COc1cc(CN(C(=O)Nc2cc(C(C)(C)C)nn2C(C)(C)C)C2CC2)ccc1O. The molecule has 1 aliphatic rings. The highest BCUT2D eigenvalue weighted by Crippen LogP contribution is 2.33. The van der Waals surface area contributed by atoms with Gasteiger partial charge in [-0.1, -0.05) is 26.8 Å². The minimum absolute atomic E-state index is 0.0902. The van der Waals surface area contributed by atoms with E-state index in [1.807, 2.05) is 21.7 Å². The highest BCUT2D eigenvalue weighted by molar-refractivity contribution is 5.89. The van der Waals surface area contributed by atoms with Gasteiger partial charge in [0.2, 0.25) is 0 Å². The molecule has 0 bridgehead atoms. The first-order valence-corrected chi connectivity index (χ1v) is 10.4. The number of anilines is 1. The summed E-state index contributed by atoms with van der Waals surface area (Å²) in [6, 6.07) is 7.24. The van der Waals surface area contributed by atoms with Crippen molar-refractivity contribution in [3.8, 4) is 11.5 Å². The molecule has 164 valence electrons. The Kier molecular flexibility index (Phi) is 5.76. The van der Waals surface area contributed by atoms with Crippen molar-refractivity contribution in [3.05, 3.63) is 35.5 Å². The molecule has 7 nitrogen and oxygen atoms in total. The number of nitrogens with zero attached hydrogens (tertiary/aromatic N) is 3. The van der Waals surface area contributed by atoms with Gasteiger partial charge < -0.3 is 14.7 Å². The molecular formula is C23H34N4O3. The number of carbonyl (C=O) groups is 1. The number of rotatable bonds is 5. The largest absolute Gasteiger partial charge is 0.504 e. The smallest absolute Gasteiger partial charge is 0.323 e. The van der Waals surface area contributed by atoms with E-state index in [1.54, 1.807) is 12.1 Å². The van der Waals surface area contributed by atoms with E-state index in [0.717, 1.165) is 24.1 Å². The number of urea groups is 1. The quantitative estimate of drug-likeness (QED) is 0.733. The van der Waals surface area contributed by atoms with E-state index >= 15 is 0 Å². The average Bonchev–Trinajstić information content (AvgIpc) is 3.37. The number of carbonyl (C=O) groups excluding carboxylic acids is 1. The van der Waals surface area contributed by atoms with Crippen molar-refractivity contribution >= 4 is 11.8 Å². The van der Waals surface area contributed by atoms with Gasteiger partial charge in [-0.25, -0.2) is 9.48 Å². The number of methoxy groups -OCH3 is 1. The van der Waals surface area contributed by atoms with E-state index in [4.69, 9.17) is 9.84 Å². The molecule has 2 amide bonds. The molecule has 1 aliphatic carbocycles. The third-order valence-corrected chi connectivity index (χ3v) is 5.19. The van der Waals surface area contributed by atoms with Crippen LogP contribution < -0.4 is 10.1 Å². The van der Waals surface area contributed by atoms with Crippen LogP contribution in [-0.2, 0) is 17.5 Å². The first-order valence-electron chi connectivity index (χ1n) is 10.4. The van der Waals surface area contributed by atoms with Crippen molar-refractivity contribution in [3.63, 3.8) is 0 Å². The van der Waals surface area contributed by atoms with Crippen LogP contribution in [0.5, 0.6) is 11.5 Å². The highest BCUT2D eigenvalue weighted by Gasteiger charge is 2.34. The van der Waals surface area contributed by atoms with Crippen molar-refractivity contribution in [1.29, 1.82) is 0 Å². The molecule has 0 saturated heterocycles. The minimum atomic E-state index is -0.263. The summed E-state index contributed by atoms with van der Waals surface area (Å²) in [5, 5.41) is 17.7. The third-order valence-electron chi connectivity index (χ3n) is 5.19. The van der Waals surface area contributed by atoms with Gasteiger partial charge in [-0.3, -0.25) is 5.32 Å². The second-order valence-corrected chi connectivity index (χ2v) is 10.0. The van der Waals surface area contributed by atoms with Crippen molar-refractivity contribution in [1.82, 2.24) is 14.7 Å². The number of nitrogens with one attached hydrogen (secondary N) is 1. The van der Waals surface area contributed by atoms with Crippen LogP contribution in [0.3, 0.4) is 0 Å². The number of ether oxygens (including phenoxy) is 1. The van der Waals surface area contributed by atoms with Crippen molar-refractivity contribution in [2.75, 3.05) is 12.4 Å². The molecule has 3 rings (SSSR count). The van der Waals surface area contributed by atoms with Gasteiger partial charge in [0, 0.05) is 24.1 Å². The number of phenolic OH excluding ortho intramolecular Hbond substituents is 1. The highest BCUT2D eigenvalue weighted by atomic mass is 16.5. The number of amides is 2. The topological polar surface area (TPSA) is 79.6 Å². The summed E-state index contributed by atoms with van der Waals surface area (Å²) in [7, 11) is 1.52. The molecule has 1 fully saturated rings. The fourth-order valence-electron chi connectivity index (χ4n) is 3.30. The number of aromatic nitrogens is 2. The number of hydrogen-bond acceptors (Lipinski definition) is 4. The van der Waals surface area contributed by atoms with E-state index in [1.165, 1.54) is 7.11 Å². The zero-order valence-corrected chi connectivity index (χ0v) is 19.1. The molecule has 0 unspecified atom stereocenters. The zero-order valence-electron chi connectivity index (χ0n) is 19.1. The number of benzene rings is 1. The number of phenols is 1. The Morgan fingerprint density at radius 3 is 2.43 bits per heavy atom. The summed E-state index contributed by atoms with van der Waals surface area (Å²) in [6.07, 6.45) is 1.99. The van der Waals surface area contributed by atoms with Gasteiger partial charge in [-0.2, -0.15) is 5.10 Å². The molecule has 2 aromatic rings. The maximum Gasteiger partial charge on any atom is 0.323 e. The Labute approximate surface area is 179 Å². The zero-order chi connectivity index (χ0) is 22.3. The summed E-state index contributed by atoms with van der Waals surface area (Å²) in [6.45, 7) is 13.0. The number of hydrogen-bond donors (Lipinski definition) is 2. The van der Waals surface area contributed by atoms with Crippen molar-refractivity contribution in [2.45, 2.75) is 77.9 Å². The van der Waals surface area contributed by atoms with Gasteiger partial charge in [0.05, 0.1) is 18.3 Å². The average molecular weight is 415 g/mol. The molecule has 1 aromatic heterocycles. The molecule has 2 N–H and O–H groups in total. The molecule has 0 aliphatic heterocycles. The molecule has 0 spiro atoms. The molecule has 0 radical (unpaired) electrons. The second kappa shape index (κ2) is 7.85. The summed E-state index contributed by atoms with van der Waals surface area (Å²) < 4.78 is 7.10. The predicted octanol–water partition coefficient (Wildman–Crippen LogP) is 4.85. The maximum atomic E-state index is 13.3. The fraction of sp³-hybridized carbons (Fsp3) is 0.565. The summed E-state index contributed by atoms with van der Waals surface area (Å²) in [5.74, 6) is 1.20. The fourth-order valence-corrected chi connectivity index (χ4v) is 3.30. The van der Waals surface area contributed by atoms with E-state index in [2.05, 4.69) is 46.9 Å². The molecule has 1 saturated carbocycles. The van der Waals surface area contributed by atoms with E-state index < -0.39 is 0 Å². The van der Waals surface area contributed by atoms with Gasteiger partial charge in [-0.15, -0.1) is 0 Å². The standard InChI is InChI=1S/C23H34N4O3/c1-22(2,3)19-13-20(27(25-19)23(4,5)6)24-21(29)26(16-9-10-16)14-15-8-11-17(28)18(12-15)30-7/h8,11-13,16,28H,9-10,14H2,1-7H3,(H,24,29). The van der Waals surface area contributed by atoms with E-state index in [9.17, 15) is 9.90 Å². The lowest BCUT2D eigenvalue weighted by Gasteiger charge is -2.26. The van der Waals surface area contributed by atoms with Gasteiger partial charge >= 0.3 is 6.03 Å². The maximum absolute atomic E-state index is 13.3. The van der Waals surface area contributed by atoms with Crippen LogP contribution in [0.15, 0.2) is 24.3 Å². The molecule has 1 aromatic carbocycles. The Bertz CT molecular complexity index is 918. The van der Waals surface area contributed by atoms with Crippen LogP contribution in [0, 0.1) is 0 Å². The predicted molar refractivity (Wildman–Crippen MR) is 118 cm³/mol. The molecule has 0 atom stereocenters. The molecule has 1 heterocycles. The van der Waals surface area contributed by atoms with Crippen molar-refractivity contribution < 1.29 is 14.6 Å². The molecular weight excluding hydrogens is 380 g/mol. The van der Waals surface area contributed by atoms with E-state index in [-0.39, 0.29) is 28.8 Å². The normalized spacial score (nSPS) is 14.5. The van der Waals surface area contributed by atoms with Gasteiger partial charge in [0.25, 0.3) is 0 Å². The lowest BCUT2D eigenvalue weighted by molar-refractivity contribution is 0.205. The second-order valence-electron chi connectivity index (χ2n) is 10.0. The monoisotopic (exact) mass is 414 g/mol. The number of aromatic hydroxyl groups is 1. The first kappa shape index (κ1) is 22.0. The summed E-state index contributed by atoms with van der Waals surface area (Å²) in [4.78, 5) is 15.1. The van der Waals surface area contributed by atoms with Gasteiger partial charge in [0.1, 0.15) is 5.82 Å². The van der Waals surface area contributed by atoms with Crippen LogP contribution in [0.25, 0.3) is 0 Å².